The second-order valence-electron chi connectivity index (χ2n) is 4.84. The number of hydrogen-bond donors (Lipinski definition) is 1. The number of para-hydroxylation sites is 1. The zero-order valence-corrected chi connectivity index (χ0v) is 13.0. The summed E-state index contributed by atoms with van der Waals surface area (Å²) < 4.78 is 2.12. The molecule has 0 aliphatic carbocycles. The van der Waals surface area contributed by atoms with Gasteiger partial charge in [0.05, 0.1) is 16.0 Å². The normalized spacial score (nSPS) is 12.8. The number of benzene rings is 1. The van der Waals surface area contributed by atoms with E-state index >= 15 is 0 Å². The van der Waals surface area contributed by atoms with Crippen LogP contribution in [0.3, 0.4) is 0 Å². The lowest BCUT2D eigenvalue weighted by atomic mass is 10.1. The number of carbonyl (C=O) groups excluding carboxylic acids is 1. The molecule has 1 N–H and O–H groups in total. The van der Waals surface area contributed by atoms with Gasteiger partial charge in [-0.15, -0.1) is 11.3 Å². The molecule has 2 aromatic rings. The molecule has 1 amide bonds. The maximum Gasteiger partial charge on any atom is 0.230 e. The Hall–Kier alpha value is -1.07. The maximum atomic E-state index is 11.8. The van der Waals surface area contributed by atoms with E-state index in [0.29, 0.717) is 11.7 Å². The molecule has 0 fully saturated rings. The van der Waals surface area contributed by atoms with Crippen LogP contribution in [0.2, 0.25) is 0 Å². The van der Waals surface area contributed by atoms with E-state index in [1.54, 1.807) is 11.3 Å². The zero-order chi connectivity index (χ0) is 13.8. The highest BCUT2D eigenvalue weighted by atomic mass is 32.2. The largest absolute Gasteiger partial charge is 0.353 e. The van der Waals surface area contributed by atoms with Crippen molar-refractivity contribution in [1.82, 2.24) is 10.3 Å². The van der Waals surface area contributed by atoms with Crippen LogP contribution in [0, 0.1) is 5.92 Å². The minimum Gasteiger partial charge on any atom is -0.353 e. The van der Waals surface area contributed by atoms with Crippen molar-refractivity contribution in [2.45, 2.75) is 31.2 Å². The molecule has 3 nitrogen and oxygen atoms in total. The summed E-state index contributed by atoms with van der Waals surface area (Å²) in [7, 11) is 0. The topological polar surface area (TPSA) is 42.0 Å². The van der Waals surface area contributed by atoms with E-state index in [1.165, 1.54) is 16.5 Å². The third-order valence-corrected chi connectivity index (χ3v) is 5.17. The number of fused-ring (bicyclic) bond motifs is 1. The molecular weight excluding hydrogens is 276 g/mol. The first-order chi connectivity index (χ1) is 9.06. The molecule has 0 aliphatic rings. The molecular formula is C14H18N2OS2. The lowest BCUT2D eigenvalue weighted by Crippen LogP contribution is -2.37. The predicted molar refractivity (Wildman–Crippen MR) is 82.8 cm³/mol. The van der Waals surface area contributed by atoms with Gasteiger partial charge in [0.15, 0.2) is 4.34 Å². The molecule has 1 aromatic heterocycles. The molecule has 102 valence electrons. The first kappa shape index (κ1) is 14.3. The quantitative estimate of drug-likeness (QED) is 0.858. The lowest BCUT2D eigenvalue weighted by molar-refractivity contribution is -0.119. The summed E-state index contributed by atoms with van der Waals surface area (Å²) in [5.41, 5.74) is 1.01. The van der Waals surface area contributed by atoms with Gasteiger partial charge in [0.2, 0.25) is 5.91 Å². The van der Waals surface area contributed by atoms with Crippen molar-refractivity contribution in [3.63, 3.8) is 0 Å². The van der Waals surface area contributed by atoms with Gasteiger partial charge in [-0.05, 0) is 25.0 Å². The van der Waals surface area contributed by atoms with E-state index in [0.717, 1.165) is 9.86 Å². The third-order valence-electron chi connectivity index (χ3n) is 2.99. The van der Waals surface area contributed by atoms with Gasteiger partial charge in [-0.25, -0.2) is 4.98 Å². The molecule has 5 heteroatoms. The number of aromatic nitrogens is 1. The van der Waals surface area contributed by atoms with E-state index in [1.807, 2.05) is 25.1 Å². The Morgan fingerprint density at radius 2 is 2.11 bits per heavy atom. The SMILES string of the molecule is CC(C)C(C)NC(=O)CSc1nc2ccccc2s1. The van der Waals surface area contributed by atoms with Crippen molar-refractivity contribution in [3.8, 4) is 0 Å². The summed E-state index contributed by atoms with van der Waals surface area (Å²) in [6.07, 6.45) is 0. The first-order valence-electron chi connectivity index (χ1n) is 6.34. The van der Waals surface area contributed by atoms with E-state index in [4.69, 9.17) is 0 Å². The highest BCUT2D eigenvalue weighted by molar-refractivity contribution is 8.01. The molecule has 1 aromatic carbocycles. The van der Waals surface area contributed by atoms with Crippen molar-refractivity contribution >= 4 is 39.2 Å². The van der Waals surface area contributed by atoms with Gasteiger partial charge in [0.25, 0.3) is 0 Å². The number of nitrogens with zero attached hydrogens (tertiary/aromatic N) is 1. The number of amides is 1. The van der Waals surface area contributed by atoms with Gasteiger partial charge < -0.3 is 5.32 Å². The Bertz CT molecular complexity index is 532. The molecule has 0 spiro atoms. The monoisotopic (exact) mass is 294 g/mol. The molecule has 19 heavy (non-hydrogen) atoms. The lowest BCUT2D eigenvalue weighted by Gasteiger charge is -2.16. The van der Waals surface area contributed by atoms with E-state index in [-0.39, 0.29) is 11.9 Å². The number of nitrogens with one attached hydrogen (secondary N) is 1. The number of rotatable bonds is 5. The van der Waals surface area contributed by atoms with Crippen LogP contribution in [0.15, 0.2) is 28.6 Å². The fourth-order valence-corrected chi connectivity index (χ4v) is 3.38. The number of carbonyl (C=O) groups is 1. The molecule has 0 radical (unpaired) electrons. The fraction of sp³-hybridized carbons (Fsp3) is 0.429. The highest BCUT2D eigenvalue weighted by Crippen LogP contribution is 2.29. The molecule has 0 saturated heterocycles. The summed E-state index contributed by atoms with van der Waals surface area (Å²) in [6, 6.07) is 8.25. The number of hydrogen-bond acceptors (Lipinski definition) is 4. The van der Waals surface area contributed by atoms with Gasteiger partial charge in [-0.2, -0.15) is 0 Å². The highest BCUT2D eigenvalue weighted by Gasteiger charge is 2.12. The van der Waals surface area contributed by atoms with Crippen molar-refractivity contribution in [1.29, 1.82) is 0 Å². The number of thioether (sulfide) groups is 1. The standard InChI is InChI=1S/C14H18N2OS2/c1-9(2)10(3)15-13(17)8-18-14-16-11-6-4-5-7-12(11)19-14/h4-7,9-10H,8H2,1-3H3,(H,15,17). The van der Waals surface area contributed by atoms with E-state index < -0.39 is 0 Å². The second-order valence-corrected chi connectivity index (χ2v) is 7.09. The number of thiazole rings is 1. The third kappa shape index (κ3) is 3.94. The van der Waals surface area contributed by atoms with Crippen LogP contribution < -0.4 is 5.32 Å². The van der Waals surface area contributed by atoms with Crippen LogP contribution in [-0.2, 0) is 4.79 Å². The average Bonchev–Trinajstić information content (AvgIpc) is 2.78. The molecule has 1 atom stereocenters. The molecule has 1 heterocycles. The molecule has 0 bridgehead atoms. The van der Waals surface area contributed by atoms with Crippen molar-refractivity contribution in [2.24, 2.45) is 5.92 Å². The van der Waals surface area contributed by atoms with Crippen molar-refractivity contribution < 1.29 is 4.79 Å². The van der Waals surface area contributed by atoms with Crippen LogP contribution in [0.1, 0.15) is 20.8 Å². The van der Waals surface area contributed by atoms with Crippen LogP contribution in [-0.4, -0.2) is 22.7 Å². The van der Waals surface area contributed by atoms with Gasteiger partial charge >= 0.3 is 0 Å². The van der Waals surface area contributed by atoms with Crippen molar-refractivity contribution in [3.05, 3.63) is 24.3 Å². The molecule has 2 rings (SSSR count). The minimum absolute atomic E-state index is 0.0745. The molecule has 0 saturated carbocycles. The van der Waals surface area contributed by atoms with E-state index in [2.05, 4.69) is 30.2 Å². The van der Waals surface area contributed by atoms with Crippen LogP contribution >= 0.6 is 23.1 Å². The summed E-state index contributed by atoms with van der Waals surface area (Å²) in [6.45, 7) is 6.24. The Kier molecular flexibility index (Phi) is 4.82. The Labute approximate surface area is 121 Å². The van der Waals surface area contributed by atoms with Crippen LogP contribution in [0.5, 0.6) is 0 Å². The zero-order valence-electron chi connectivity index (χ0n) is 11.3. The summed E-state index contributed by atoms with van der Waals surface area (Å²) in [5.74, 6) is 0.957. The summed E-state index contributed by atoms with van der Waals surface area (Å²) in [4.78, 5) is 16.3. The first-order valence-corrected chi connectivity index (χ1v) is 8.14. The molecule has 0 aliphatic heterocycles. The predicted octanol–water partition coefficient (Wildman–Crippen LogP) is 3.55. The van der Waals surface area contributed by atoms with Crippen LogP contribution in [0.4, 0.5) is 0 Å². The Morgan fingerprint density at radius 1 is 1.37 bits per heavy atom. The summed E-state index contributed by atoms with van der Waals surface area (Å²) in [5, 5.41) is 3.00. The smallest absolute Gasteiger partial charge is 0.230 e. The fourth-order valence-electron chi connectivity index (χ4n) is 1.50. The van der Waals surface area contributed by atoms with Gasteiger partial charge in [-0.1, -0.05) is 37.7 Å². The summed E-state index contributed by atoms with van der Waals surface area (Å²) >= 11 is 3.14. The van der Waals surface area contributed by atoms with Gasteiger partial charge in [0.1, 0.15) is 0 Å². The Balaban J connectivity index is 1.90. The Morgan fingerprint density at radius 3 is 2.79 bits per heavy atom. The van der Waals surface area contributed by atoms with Gasteiger partial charge in [0, 0.05) is 6.04 Å². The van der Waals surface area contributed by atoms with Gasteiger partial charge in [-0.3, -0.25) is 4.79 Å². The van der Waals surface area contributed by atoms with E-state index in [9.17, 15) is 4.79 Å². The average molecular weight is 294 g/mol. The second kappa shape index (κ2) is 6.39. The maximum absolute atomic E-state index is 11.8. The van der Waals surface area contributed by atoms with Crippen LogP contribution in [0.25, 0.3) is 10.2 Å². The van der Waals surface area contributed by atoms with Crippen molar-refractivity contribution in [2.75, 3.05) is 5.75 Å². The molecule has 1 unspecified atom stereocenters. The minimum atomic E-state index is 0.0745.